The summed E-state index contributed by atoms with van der Waals surface area (Å²) in [6.45, 7) is 9.01. The first-order valence-electron chi connectivity index (χ1n) is 10.9. The lowest BCUT2D eigenvalue weighted by Gasteiger charge is -2.13. The standard InChI is InChI=1S/C24H32N6O/c1-4-25-24(26-14-8-10-16-29-15-9-7-13-23(29)31)27-18-21-11-5-6-12-22(21)30-20(3)17-19(2)28-30/h5-7,9,11-13,15,17H,4,8,10,14,16,18H2,1-3H3,(H2,25,26,27). The number of benzene rings is 1. The van der Waals surface area contributed by atoms with Crippen LogP contribution in [-0.4, -0.2) is 33.4 Å². The molecule has 2 aromatic heterocycles. The predicted molar refractivity (Wildman–Crippen MR) is 126 cm³/mol. The van der Waals surface area contributed by atoms with E-state index in [0.29, 0.717) is 6.54 Å². The molecule has 0 fully saturated rings. The maximum atomic E-state index is 11.8. The van der Waals surface area contributed by atoms with E-state index < -0.39 is 0 Å². The Kier molecular flexibility index (Phi) is 8.04. The van der Waals surface area contributed by atoms with Gasteiger partial charge in [0.05, 0.1) is 17.9 Å². The van der Waals surface area contributed by atoms with Gasteiger partial charge in [-0.3, -0.25) is 4.79 Å². The summed E-state index contributed by atoms with van der Waals surface area (Å²) in [7, 11) is 0. The van der Waals surface area contributed by atoms with Crippen LogP contribution in [0.3, 0.4) is 0 Å². The van der Waals surface area contributed by atoms with Crippen molar-refractivity contribution < 1.29 is 0 Å². The Balaban J connectivity index is 1.58. The minimum Gasteiger partial charge on any atom is -0.357 e. The molecule has 3 aromatic rings. The van der Waals surface area contributed by atoms with Crippen molar-refractivity contribution in [3.8, 4) is 5.69 Å². The summed E-state index contributed by atoms with van der Waals surface area (Å²) in [5.74, 6) is 0.794. The van der Waals surface area contributed by atoms with Gasteiger partial charge in [-0.2, -0.15) is 5.10 Å². The molecule has 7 nitrogen and oxygen atoms in total. The van der Waals surface area contributed by atoms with Gasteiger partial charge in [0, 0.05) is 37.6 Å². The Morgan fingerprint density at radius 3 is 2.61 bits per heavy atom. The van der Waals surface area contributed by atoms with Crippen LogP contribution in [0.15, 0.2) is 64.5 Å². The van der Waals surface area contributed by atoms with E-state index in [-0.39, 0.29) is 5.56 Å². The molecule has 0 aliphatic heterocycles. The first-order chi connectivity index (χ1) is 15.1. The summed E-state index contributed by atoms with van der Waals surface area (Å²) in [6.07, 6.45) is 3.72. The number of pyridine rings is 1. The van der Waals surface area contributed by atoms with E-state index in [1.165, 1.54) is 0 Å². The van der Waals surface area contributed by atoms with Crippen LogP contribution in [0.2, 0.25) is 0 Å². The number of nitrogens with zero attached hydrogens (tertiary/aromatic N) is 4. The number of para-hydroxylation sites is 1. The molecule has 0 aliphatic carbocycles. The van der Waals surface area contributed by atoms with Crippen LogP contribution in [0.1, 0.15) is 36.7 Å². The molecule has 0 aliphatic rings. The lowest BCUT2D eigenvalue weighted by Crippen LogP contribution is -2.37. The zero-order valence-corrected chi connectivity index (χ0v) is 18.6. The van der Waals surface area contributed by atoms with E-state index in [1.807, 2.05) is 36.0 Å². The molecule has 0 amide bonds. The largest absolute Gasteiger partial charge is 0.357 e. The predicted octanol–water partition coefficient (Wildman–Crippen LogP) is 3.19. The van der Waals surface area contributed by atoms with Crippen molar-refractivity contribution in [2.75, 3.05) is 13.1 Å². The molecule has 0 saturated heterocycles. The summed E-state index contributed by atoms with van der Waals surface area (Å²) < 4.78 is 3.72. The Morgan fingerprint density at radius 2 is 1.87 bits per heavy atom. The van der Waals surface area contributed by atoms with Gasteiger partial charge in [0.25, 0.3) is 0 Å². The zero-order valence-electron chi connectivity index (χ0n) is 18.6. The number of guanidine groups is 1. The average molecular weight is 421 g/mol. The van der Waals surface area contributed by atoms with Gasteiger partial charge < -0.3 is 15.2 Å². The second kappa shape index (κ2) is 11.2. The minimum atomic E-state index is 0.0478. The quantitative estimate of drug-likeness (QED) is 0.317. The highest BCUT2D eigenvalue weighted by atomic mass is 16.1. The van der Waals surface area contributed by atoms with Gasteiger partial charge in [-0.05, 0) is 57.4 Å². The fourth-order valence-corrected chi connectivity index (χ4v) is 3.49. The van der Waals surface area contributed by atoms with Crippen LogP contribution >= 0.6 is 0 Å². The van der Waals surface area contributed by atoms with Crippen molar-refractivity contribution in [1.82, 2.24) is 25.0 Å². The first kappa shape index (κ1) is 22.3. The maximum absolute atomic E-state index is 11.8. The number of unbranched alkanes of at least 4 members (excludes halogenated alkanes) is 1. The lowest BCUT2D eigenvalue weighted by molar-refractivity contribution is 0.585. The Morgan fingerprint density at radius 1 is 1.06 bits per heavy atom. The number of hydrogen-bond acceptors (Lipinski definition) is 3. The monoisotopic (exact) mass is 420 g/mol. The van der Waals surface area contributed by atoms with Crippen molar-refractivity contribution in [3.05, 3.63) is 82.0 Å². The number of aryl methyl sites for hydroxylation is 3. The number of hydrogen-bond donors (Lipinski definition) is 2. The molecule has 2 heterocycles. The molecule has 0 atom stereocenters. The summed E-state index contributed by atoms with van der Waals surface area (Å²) in [5, 5.41) is 11.3. The number of rotatable bonds is 9. The second-order valence-electron chi connectivity index (χ2n) is 7.53. The van der Waals surface area contributed by atoms with Gasteiger partial charge >= 0.3 is 0 Å². The van der Waals surface area contributed by atoms with E-state index in [1.54, 1.807) is 16.7 Å². The molecule has 1 aromatic carbocycles. The Bertz CT molecular complexity index is 1070. The third kappa shape index (κ3) is 6.31. The zero-order chi connectivity index (χ0) is 22.1. The van der Waals surface area contributed by atoms with E-state index in [4.69, 9.17) is 4.99 Å². The molecule has 164 valence electrons. The molecule has 0 spiro atoms. The molecule has 3 rings (SSSR count). The first-order valence-corrected chi connectivity index (χ1v) is 10.9. The highest BCUT2D eigenvalue weighted by Crippen LogP contribution is 2.17. The SMILES string of the molecule is CCNC(=NCc1ccccc1-n1nc(C)cc1C)NCCCCn1ccccc1=O. The maximum Gasteiger partial charge on any atom is 0.250 e. The van der Waals surface area contributed by atoms with Gasteiger partial charge in [0.2, 0.25) is 5.56 Å². The molecular formula is C24H32N6O. The Labute approximate surface area is 183 Å². The Hall–Kier alpha value is -3.35. The molecule has 31 heavy (non-hydrogen) atoms. The highest BCUT2D eigenvalue weighted by Gasteiger charge is 2.08. The van der Waals surface area contributed by atoms with Crippen LogP contribution in [-0.2, 0) is 13.1 Å². The van der Waals surface area contributed by atoms with E-state index >= 15 is 0 Å². The fourth-order valence-electron chi connectivity index (χ4n) is 3.49. The summed E-state index contributed by atoms with van der Waals surface area (Å²) in [6, 6.07) is 15.6. The van der Waals surface area contributed by atoms with Gasteiger partial charge in [-0.1, -0.05) is 24.3 Å². The number of aromatic nitrogens is 3. The normalized spacial score (nSPS) is 11.5. The van der Waals surface area contributed by atoms with Crippen LogP contribution in [0.25, 0.3) is 5.69 Å². The molecule has 7 heteroatoms. The molecule has 0 radical (unpaired) electrons. The minimum absolute atomic E-state index is 0.0478. The number of aliphatic imine (C=N–C) groups is 1. The van der Waals surface area contributed by atoms with Crippen molar-refractivity contribution in [1.29, 1.82) is 0 Å². The van der Waals surface area contributed by atoms with E-state index in [2.05, 4.69) is 47.8 Å². The summed E-state index contributed by atoms with van der Waals surface area (Å²) in [5.41, 5.74) is 4.34. The third-order valence-electron chi connectivity index (χ3n) is 5.00. The third-order valence-corrected chi connectivity index (χ3v) is 5.00. The van der Waals surface area contributed by atoms with Crippen LogP contribution in [0, 0.1) is 13.8 Å². The van der Waals surface area contributed by atoms with Crippen LogP contribution in [0.4, 0.5) is 0 Å². The topological polar surface area (TPSA) is 76.2 Å². The fraction of sp³-hybridized carbons (Fsp3) is 0.375. The number of nitrogens with one attached hydrogen (secondary N) is 2. The summed E-state index contributed by atoms with van der Waals surface area (Å²) in [4.78, 5) is 16.5. The van der Waals surface area contributed by atoms with Crippen molar-refractivity contribution in [2.45, 2.75) is 46.7 Å². The van der Waals surface area contributed by atoms with Gasteiger partial charge in [0.15, 0.2) is 5.96 Å². The van der Waals surface area contributed by atoms with Crippen LogP contribution < -0.4 is 16.2 Å². The van der Waals surface area contributed by atoms with Gasteiger partial charge in [-0.15, -0.1) is 0 Å². The van der Waals surface area contributed by atoms with Crippen molar-refractivity contribution >= 4 is 5.96 Å². The highest BCUT2D eigenvalue weighted by molar-refractivity contribution is 5.79. The molecule has 2 N–H and O–H groups in total. The van der Waals surface area contributed by atoms with Gasteiger partial charge in [-0.25, -0.2) is 9.67 Å². The van der Waals surface area contributed by atoms with Crippen molar-refractivity contribution in [3.63, 3.8) is 0 Å². The van der Waals surface area contributed by atoms with Gasteiger partial charge in [0.1, 0.15) is 0 Å². The van der Waals surface area contributed by atoms with E-state index in [0.717, 1.165) is 61.1 Å². The van der Waals surface area contributed by atoms with E-state index in [9.17, 15) is 4.79 Å². The molecule has 0 saturated carbocycles. The lowest BCUT2D eigenvalue weighted by atomic mass is 10.2. The molecular weight excluding hydrogens is 388 g/mol. The smallest absolute Gasteiger partial charge is 0.250 e. The summed E-state index contributed by atoms with van der Waals surface area (Å²) >= 11 is 0. The molecule has 0 bridgehead atoms. The average Bonchev–Trinajstić information content (AvgIpc) is 3.10. The van der Waals surface area contributed by atoms with Crippen molar-refractivity contribution in [2.24, 2.45) is 4.99 Å². The van der Waals surface area contributed by atoms with Crippen LogP contribution in [0.5, 0.6) is 0 Å². The second-order valence-corrected chi connectivity index (χ2v) is 7.53. The molecule has 0 unspecified atom stereocenters.